The number of H-pyrrole nitrogens is 1. The summed E-state index contributed by atoms with van der Waals surface area (Å²) in [5.74, 6) is 1.13. The molecule has 0 bridgehead atoms. The number of rotatable bonds is 3. The number of fused-ring (bicyclic) bond motifs is 1. The number of hydrogen-bond donors (Lipinski definition) is 1. The third-order valence-electron chi connectivity index (χ3n) is 2.63. The van der Waals surface area contributed by atoms with Gasteiger partial charge < -0.3 is 9.47 Å². The summed E-state index contributed by atoms with van der Waals surface area (Å²) in [6.07, 6.45) is 1.76. The van der Waals surface area contributed by atoms with Crippen molar-refractivity contribution in [1.82, 2.24) is 20.2 Å². The Morgan fingerprint density at radius 2 is 2.05 bits per heavy atom. The molecule has 0 fully saturated rings. The number of nitrogens with one attached hydrogen (secondary N) is 1. The largest absolute Gasteiger partial charge is 0.467 e. The van der Waals surface area contributed by atoms with Crippen LogP contribution in [-0.4, -0.2) is 27.3 Å². The molecule has 0 saturated carbocycles. The molecule has 0 atom stereocenters. The van der Waals surface area contributed by atoms with Gasteiger partial charge in [-0.05, 0) is 19.1 Å². The maximum Gasteiger partial charge on any atom is 0.319 e. The van der Waals surface area contributed by atoms with Crippen molar-refractivity contribution in [1.29, 1.82) is 0 Å². The van der Waals surface area contributed by atoms with Gasteiger partial charge in [0.15, 0.2) is 0 Å². The third-order valence-corrected chi connectivity index (χ3v) is 2.63. The first-order valence-corrected chi connectivity index (χ1v) is 5.75. The Labute approximate surface area is 109 Å². The summed E-state index contributed by atoms with van der Waals surface area (Å²) in [6.45, 7) is 1.86. The highest BCUT2D eigenvalue weighted by Gasteiger charge is 2.05. The van der Waals surface area contributed by atoms with Gasteiger partial charge in [0.25, 0.3) is 0 Å². The van der Waals surface area contributed by atoms with Gasteiger partial charge in [0.05, 0.1) is 18.8 Å². The molecule has 96 valence electrons. The predicted molar refractivity (Wildman–Crippen MR) is 69.5 cm³/mol. The van der Waals surface area contributed by atoms with E-state index in [-0.39, 0.29) is 6.01 Å². The van der Waals surface area contributed by atoms with Crippen LogP contribution >= 0.6 is 0 Å². The number of hydrogen-bond acceptors (Lipinski definition) is 5. The average molecular weight is 256 g/mol. The van der Waals surface area contributed by atoms with Crippen molar-refractivity contribution in [3.05, 3.63) is 36.2 Å². The van der Waals surface area contributed by atoms with Gasteiger partial charge in [-0.3, -0.25) is 5.10 Å². The van der Waals surface area contributed by atoms with Crippen LogP contribution in [0.1, 0.15) is 5.69 Å². The van der Waals surface area contributed by atoms with E-state index < -0.39 is 0 Å². The topological polar surface area (TPSA) is 72.9 Å². The molecule has 0 amide bonds. The van der Waals surface area contributed by atoms with Crippen molar-refractivity contribution in [2.24, 2.45) is 0 Å². The molecule has 0 radical (unpaired) electrons. The first-order valence-electron chi connectivity index (χ1n) is 5.75. The van der Waals surface area contributed by atoms with Crippen LogP contribution in [0.5, 0.6) is 17.6 Å². The fourth-order valence-corrected chi connectivity index (χ4v) is 1.76. The van der Waals surface area contributed by atoms with Crippen LogP contribution in [0.2, 0.25) is 0 Å². The molecular weight excluding hydrogens is 244 g/mol. The summed E-state index contributed by atoms with van der Waals surface area (Å²) in [4.78, 5) is 8.24. The van der Waals surface area contributed by atoms with E-state index in [9.17, 15) is 0 Å². The number of benzene rings is 1. The van der Waals surface area contributed by atoms with Gasteiger partial charge in [-0.2, -0.15) is 10.1 Å². The molecular formula is C13H12N4O2. The molecule has 1 N–H and O–H groups in total. The minimum absolute atomic E-state index is 0.289. The molecule has 0 saturated heterocycles. The first kappa shape index (κ1) is 11.5. The van der Waals surface area contributed by atoms with Crippen molar-refractivity contribution >= 4 is 10.9 Å². The van der Waals surface area contributed by atoms with Gasteiger partial charge in [-0.15, -0.1) is 0 Å². The fraction of sp³-hybridized carbons (Fsp3) is 0.154. The Bertz CT molecular complexity index is 723. The zero-order valence-corrected chi connectivity index (χ0v) is 10.5. The molecule has 1 aromatic carbocycles. The van der Waals surface area contributed by atoms with Gasteiger partial charge in [0, 0.05) is 23.2 Å². The summed E-state index contributed by atoms with van der Waals surface area (Å²) < 4.78 is 10.7. The van der Waals surface area contributed by atoms with Gasteiger partial charge in [0.1, 0.15) is 5.75 Å². The Balaban J connectivity index is 1.93. The van der Waals surface area contributed by atoms with Crippen LogP contribution in [-0.2, 0) is 0 Å². The van der Waals surface area contributed by atoms with E-state index >= 15 is 0 Å². The monoisotopic (exact) mass is 256 g/mol. The fourth-order valence-electron chi connectivity index (χ4n) is 1.76. The zero-order chi connectivity index (χ0) is 13.2. The van der Waals surface area contributed by atoms with E-state index in [1.54, 1.807) is 12.3 Å². The second-order valence-electron chi connectivity index (χ2n) is 4.06. The minimum Gasteiger partial charge on any atom is -0.467 e. The summed E-state index contributed by atoms with van der Waals surface area (Å²) in [7, 11) is 1.52. The lowest BCUT2D eigenvalue weighted by molar-refractivity contribution is 0.365. The van der Waals surface area contributed by atoms with Gasteiger partial charge in [0.2, 0.25) is 5.88 Å². The number of ether oxygens (including phenoxy) is 2. The van der Waals surface area contributed by atoms with E-state index in [1.165, 1.54) is 7.11 Å². The van der Waals surface area contributed by atoms with E-state index in [2.05, 4.69) is 20.2 Å². The molecule has 3 aromatic rings. The van der Waals surface area contributed by atoms with Crippen LogP contribution < -0.4 is 9.47 Å². The SMILES string of the molecule is COc1nc(C)cc(Oc2ccc3cn[nH]c3c2)n1. The summed E-state index contributed by atoms with van der Waals surface area (Å²) in [5.41, 5.74) is 1.69. The van der Waals surface area contributed by atoms with Crippen LogP contribution in [0.4, 0.5) is 0 Å². The Morgan fingerprint density at radius 3 is 2.89 bits per heavy atom. The Hall–Kier alpha value is -2.63. The maximum absolute atomic E-state index is 5.70. The van der Waals surface area contributed by atoms with E-state index in [0.29, 0.717) is 11.6 Å². The highest BCUT2D eigenvalue weighted by atomic mass is 16.5. The standard InChI is InChI=1S/C13H12N4O2/c1-8-5-12(16-13(15-8)18-2)19-10-4-3-9-7-14-17-11(9)6-10/h3-7H,1-2H3,(H,14,17). The smallest absolute Gasteiger partial charge is 0.319 e. The van der Waals surface area contributed by atoms with E-state index in [0.717, 1.165) is 16.6 Å². The van der Waals surface area contributed by atoms with Crippen molar-refractivity contribution in [2.75, 3.05) is 7.11 Å². The molecule has 0 aliphatic rings. The molecule has 0 unspecified atom stereocenters. The highest BCUT2D eigenvalue weighted by Crippen LogP contribution is 2.24. The number of aromatic amines is 1. The highest BCUT2D eigenvalue weighted by molar-refractivity contribution is 5.79. The van der Waals surface area contributed by atoms with Crippen LogP contribution in [0.15, 0.2) is 30.5 Å². The summed E-state index contributed by atoms with van der Waals surface area (Å²) >= 11 is 0. The van der Waals surface area contributed by atoms with Crippen molar-refractivity contribution in [2.45, 2.75) is 6.92 Å². The van der Waals surface area contributed by atoms with E-state index in [1.807, 2.05) is 25.1 Å². The number of methoxy groups -OCH3 is 1. The van der Waals surface area contributed by atoms with Gasteiger partial charge in [-0.1, -0.05) is 0 Å². The molecule has 6 nitrogen and oxygen atoms in total. The molecule has 0 spiro atoms. The maximum atomic E-state index is 5.70. The normalized spacial score (nSPS) is 10.6. The van der Waals surface area contributed by atoms with Crippen LogP contribution in [0.3, 0.4) is 0 Å². The van der Waals surface area contributed by atoms with Crippen molar-refractivity contribution in [3.8, 4) is 17.6 Å². The van der Waals surface area contributed by atoms with E-state index in [4.69, 9.17) is 9.47 Å². The summed E-state index contributed by atoms with van der Waals surface area (Å²) in [5, 5.41) is 7.89. The van der Waals surface area contributed by atoms with Gasteiger partial charge in [-0.25, -0.2) is 4.98 Å². The number of nitrogens with zero attached hydrogens (tertiary/aromatic N) is 3. The number of aryl methyl sites for hydroxylation is 1. The van der Waals surface area contributed by atoms with Gasteiger partial charge >= 0.3 is 6.01 Å². The minimum atomic E-state index is 0.289. The molecule has 2 aromatic heterocycles. The van der Waals surface area contributed by atoms with Crippen molar-refractivity contribution in [3.63, 3.8) is 0 Å². The molecule has 0 aliphatic heterocycles. The lowest BCUT2D eigenvalue weighted by atomic mass is 10.2. The van der Waals surface area contributed by atoms with Crippen molar-refractivity contribution < 1.29 is 9.47 Å². The predicted octanol–water partition coefficient (Wildman–Crippen LogP) is 2.46. The number of aromatic nitrogens is 4. The Kier molecular flexibility index (Phi) is 2.75. The first-order chi connectivity index (χ1) is 9.24. The average Bonchev–Trinajstić information content (AvgIpc) is 2.85. The second-order valence-corrected chi connectivity index (χ2v) is 4.06. The lowest BCUT2D eigenvalue weighted by Gasteiger charge is -2.06. The molecule has 19 heavy (non-hydrogen) atoms. The molecule has 6 heteroatoms. The second kappa shape index (κ2) is 4.56. The van der Waals surface area contributed by atoms with Crippen LogP contribution in [0.25, 0.3) is 10.9 Å². The molecule has 3 rings (SSSR count). The zero-order valence-electron chi connectivity index (χ0n) is 10.5. The lowest BCUT2D eigenvalue weighted by Crippen LogP contribution is -1.96. The molecule has 2 heterocycles. The Morgan fingerprint density at radius 1 is 1.16 bits per heavy atom. The quantitative estimate of drug-likeness (QED) is 0.779. The van der Waals surface area contributed by atoms with Crippen LogP contribution in [0, 0.1) is 6.92 Å². The molecule has 0 aliphatic carbocycles. The third kappa shape index (κ3) is 2.33. The summed E-state index contributed by atoms with van der Waals surface area (Å²) in [6, 6.07) is 7.70.